The molecule has 3 heteroatoms. The van der Waals surface area contributed by atoms with Crippen molar-refractivity contribution < 1.29 is 4.43 Å². The topological polar surface area (TPSA) is 21.3 Å². The van der Waals surface area contributed by atoms with Gasteiger partial charge in [0.2, 0.25) is 0 Å². The fourth-order valence-electron chi connectivity index (χ4n) is 1.88. The highest BCUT2D eigenvalue weighted by Gasteiger charge is 2.17. The van der Waals surface area contributed by atoms with Crippen molar-refractivity contribution >= 4 is 15.3 Å². The van der Waals surface area contributed by atoms with Gasteiger partial charge < -0.3 is 9.41 Å². The van der Waals surface area contributed by atoms with Crippen LogP contribution in [0.25, 0.3) is 6.08 Å². The molecular weight excluding hydrogens is 214 g/mol. The third kappa shape index (κ3) is 3.04. The summed E-state index contributed by atoms with van der Waals surface area (Å²) in [4.78, 5) is 3.54. The zero-order valence-electron chi connectivity index (χ0n) is 9.54. The third-order valence-corrected chi connectivity index (χ3v) is 4.76. The summed E-state index contributed by atoms with van der Waals surface area (Å²) in [6, 6.07) is 9.59. The van der Waals surface area contributed by atoms with Crippen LogP contribution in [0.3, 0.4) is 0 Å². The molecule has 85 valence electrons. The number of hydrogen-bond acceptors (Lipinski definition) is 2. The average Bonchev–Trinajstić information content (AvgIpc) is 2.38. The van der Waals surface area contributed by atoms with Gasteiger partial charge in [0.25, 0.3) is 0 Å². The van der Waals surface area contributed by atoms with Gasteiger partial charge in [-0.3, -0.25) is 0 Å². The fourth-order valence-corrected chi connectivity index (χ4v) is 3.66. The summed E-state index contributed by atoms with van der Waals surface area (Å²) < 4.78 is 5.74. The molecule has 0 aromatic heterocycles. The van der Waals surface area contributed by atoms with Gasteiger partial charge in [0, 0.05) is 13.2 Å². The molecule has 0 amide bonds. The lowest BCUT2D eigenvalue weighted by Gasteiger charge is -2.21. The van der Waals surface area contributed by atoms with Gasteiger partial charge in [-0.25, -0.2) is 0 Å². The normalized spacial score (nSPS) is 17.2. The molecule has 2 rings (SSSR count). The monoisotopic (exact) mass is 232 g/mol. The maximum atomic E-state index is 5.74. The Hall–Kier alpha value is -0.903. The summed E-state index contributed by atoms with van der Waals surface area (Å²) in [7, 11) is -0.755. The molecule has 0 bridgehead atoms. The van der Waals surface area contributed by atoms with Crippen molar-refractivity contribution in [2.45, 2.75) is 25.4 Å². The molecular formula is C13H18NOSi. The van der Waals surface area contributed by atoms with Crippen molar-refractivity contribution in [1.82, 2.24) is 4.98 Å². The van der Waals surface area contributed by atoms with Crippen LogP contribution in [0.15, 0.2) is 30.8 Å². The van der Waals surface area contributed by atoms with Gasteiger partial charge in [-0.15, -0.1) is 0 Å². The lowest BCUT2D eigenvalue weighted by Crippen LogP contribution is -2.39. The Kier molecular flexibility index (Phi) is 4.33. The van der Waals surface area contributed by atoms with Gasteiger partial charge in [0.15, 0.2) is 0 Å². The second kappa shape index (κ2) is 5.99. The number of rotatable bonds is 4. The molecule has 1 fully saturated rings. The van der Waals surface area contributed by atoms with E-state index in [1.807, 2.05) is 12.1 Å². The molecule has 1 aromatic rings. The van der Waals surface area contributed by atoms with Crippen molar-refractivity contribution in [3.8, 4) is 0 Å². The largest absolute Gasteiger partial charge is 0.403 e. The predicted octanol–water partition coefficient (Wildman–Crippen LogP) is 2.72. The molecule has 1 saturated heterocycles. The van der Waals surface area contributed by atoms with E-state index in [-0.39, 0.29) is 0 Å². The second-order valence-corrected chi connectivity index (χ2v) is 5.97. The Morgan fingerprint density at radius 1 is 1.38 bits per heavy atom. The molecule has 1 aromatic carbocycles. The van der Waals surface area contributed by atoms with Gasteiger partial charge in [-0.2, -0.15) is 0 Å². The molecule has 1 N–H and O–H groups in total. The van der Waals surface area contributed by atoms with Crippen molar-refractivity contribution in [3.05, 3.63) is 42.0 Å². The summed E-state index contributed by atoms with van der Waals surface area (Å²) in [6.45, 7) is 5.67. The summed E-state index contributed by atoms with van der Waals surface area (Å²) >= 11 is 0. The first kappa shape index (κ1) is 11.6. The van der Waals surface area contributed by atoms with E-state index in [1.165, 1.54) is 30.0 Å². The summed E-state index contributed by atoms with van der Waals surface area (Å²) in [6.07, 6.45) is 4.44. The van der Waals surface area contributed by atoms with Gasteiger partial charge in [-0.1, -0.05) is 43.3 Å². The minimum absolute atomic E-state index is 0.755. The van der Waals surface area contributed by atoms with Crippen molar-refractivity contribution in [1.29, 1.82) is 0 Å². The maximum Gasteiger partial charge on any atom is 0.302 e. The van der Waals surface area contributed by atoms with Crippen molar-refractivity contribution in [3.63, 3.8) is 0 Å². The summed E-state index contributed by atoms with van der Waals surface area (Å²) in [5.41, 5.74) is 2.53. The quantitative estimate of drug-likeness (QED) is 0.806. The molecule has 0 unspecified atom stereocenters. The molecule has 2 nitrogen and oxygen atoms in total. The van der Waals surface area contributed by atoms with E-state index >= 15 is 0 Å². The van der Waals surface area contributed by atoms with Crippen LogP contribution in [0, 0.1) is 0 Å². The fraction of sp³-hybridized carbons (Fsp3) is 0.385. The Balaban J connectivity index is 1.90. The van der Waals surface area contributed by atoms with Crippen molar-refractivity contribution in [2.75, 3.05) is 6.61 Å². The SMILES string of the molecule is C=Cc1ccccc1CN[Si]1CCCCO1. The summed E-state index contributed by atoms with van der Waals surface area (Å²) in [5, 5.41) is 0. The molecule has 1 radical (unpaired) electrons. The number of benzene rings is 1. The van der Waals surface area contributed by atoms with E-state index in [0.717, 1.165) is 13.2 Å². The highest BCUT2D eigenvalue weighted by atomic mass is 28.3. The lowest BCUT2D eigenvalue weighted by atomic mass is 10.1. The molecule has 0 saturated carbocycles. The molecule has 0 atom stereocenters. The first-order chi connectivity index (χ1) is 7.90. The van der Waals surface area contributed by atoms with E-state index in [2.05, 4.69) is 29.8 Å². The Labute approximate surface area is 99.1 Å². The van der Waals surface area contributed by atoms with E-state index in [4.69, 9.17) is 4.43 Å². The molecule has 0 spiro atoms. The van der Waals surface area contributed by atoms with Crippen LogP contribution in [0.5, 0.6) is 0 Å². The van der Waals surface area contributed by atoms with Gasteiger partial charge in [-0.05, 0) is 23.6 Å². The molecule has 1 aliphatic rings. The van der Waals surface area contributed by atoms with Crippen molar-refractivity contribution in [2.24, 2.45) is 0 Å². The summed E-state index contributed by atoms with van der Waals surface area (Å²) in [5.74, 6) is 0. The van der Waals surface area contributed by atoms with Crippen LogP contribution in [-0.4, -0.2) is 15.8 Å². The molecule has 0 aliphatic carbocycles. The third-order valence-electron chi connectivity index (χ3n) is 2.83. The Morgan fingerprint density at radius 2 is 2.25 bits per heavy atom. The van der Waals surface area contributed by atoms with Crippen LogP contribution in [0.4, 0.5) is 0 Å². The number of nitrogens with one attached hydrogen (secondary N) is 1. The minimum atomic E-state index is -0.755. The lowest BCUT2D eigenvalue weighted by molar-refractivity contribution is 0.278. The number of hydrogen-bond donors (Lipinski definition) is 1. The van der Waals surface area contributed by atoms with E-state index in [1.54, 1.807) is 0 Å². The van der Waals surface area contributed by atoms with Gasteiger partial charge in [0.05, 0.1) is 0 Å². The van der Waals surface area contributed by atoms with Gasteiger partial charge in [0.1, 0.15) is 0 Å². The van der Waals surface area contributed by atoms with Crippen LogP contribution in [-0.2, 0) is 11.0 Å². The zero-order valence-corrected chi connectivity index (χ0v) is 10.5. The standard InChI is InChI=1S/C13H18NOSi/c1-2-12-7-3-4-8-13(12)11-14-16-10-6-5-9-15-16/h2-4,7-8,14H,1,5-6,9-11H2. The van der Waals surface area contributed by atoms with Crippen LogP contribution < -0.4 is 4.98 Å². The van der Waals surface area contributed by atoms with E-state index in [9.17, 15) is 0 Å². The first-order valence-electron chi connectivity index (χ1n) is 5.83. The van der Waals surface area contributed by atoms with Gasteiger partial charge >= 0.3 is 9.20 Å². The highest BCUT2D eigenvalue weighted by Crippen LogP contribution is 2.12. The Morgan fingerprint density at radius 3 is 3.00 bits per heavy atom. The van der Waals surface area contributed by atoms with Crippen LogP contribution in [0.2, 0.25) is 6.04 Å². The molecule has 1 heterocycles. The van der Waals surface area contributed by atoms with E-state index < -0.39 is 9.20 Å². The second-order valence-electron chi connectivity index (χ2n) is 3.99. The first-order valence-corrected chi connectivity index (χ1v) is 7.44. The van der Waals surface area contributed by atoms with E-state index in [0.29, 0.717) is 0 Å². The van der Waals surface area contributed by atoms with Crippen LogP contribution >= 0.6 is 0 Å². The molecule has 16 heavy (non-hydrogen) atoms. The zero-order chi connectivity index (χ0) is 11.2. The minimum Gasteiger partial charge on any atom is -0.403 e. The molecule has 1 aliphatic heterocycles. The Bertz CT molecular complexity index is 348. The highest BCUT2D eigenvalue weighted by molar-refractivity contribution is 6.49. The predicted molar refractivity (Wildman–Crippen MR) is 69.1 cm³/mol. The maximum absolute atomic E-state index is 5.74. The smallest absolute Gasteiger partial charge is 0.302 e. The van der Waals surface area contributed by atoms with Crippen LogP contribution in [0.1, 0.15) is 24.0 Å². The average molecular weight is 232 g/mol.